The topological polar surface area (TPSA) is 71.9 Å². The van der Waals surface area contributed by atoms with E-state index in [2.05, 4.69) is 4.98 Å². The first-order valence-electron chi connectivity index (χ1n) is 5.54. The van der Waals surface area contributed by atoms with Gasteiger partial charge in [0.15, 0.2) is 0 Å². The van der Waals surface area contributed by atoms with E-state index < -0.39 is 0 Å². The Balaban J connectivity index is 2.19. The highest BCUT2D eigenvalue weighted by Crippen LogP contribution is 2.21. The Morgan fingerprint density at radius 3 is 2.72 bits per heavy atom. The molecular formula is C14H13N3O. The first kappa shape index (κ1) is 11.9. The van der Waals surface area contributed by atoms with E-state index in [1.165, 1.54) is 0 Å². The van der Waals surface area contributed by atoms with Crippen LogP contribution in [-0.2, 0) is 6.61 Å². The van der Waals surface area contributed by atoms with Crippen LogP contribution >= 0.6 is 0 Å². The predicted molar refractivity (Wildman–Crippen MR) is 68.9 cm³/mol. The Labute approximate surface area is 106 Å². The van der Waals surface area contributed by atoms with Crippen LogP contribution in [0.5, 0.6) is 5.88 Å². The Morgan fingerprint density at radius 1 is 1.33 bits per heavy atom. The third-order valence-electron chi connectivity index (χ3n) is 2.56. The molecule has 90 valence electrons. The summed E-state index contributed by atoms with van der Waals surface area (Å²) >= 11 is 0. The Bertz CT molecular complexity index is 588. The molecule has 2 rings (SSSR count). The minimum Gasteiger partial charge on any atom is -0.472 e. The maximum absolute atomic E-state index is 9.01. The van der Waals surface area contributed by atoms with Gasteiger partial charge in [-0.05, 0) is 18.6 Å². The van der Waals surface area contributed by atoms with Crippen LogP contribution < -0.4 is 10.5 Å². The van der Waals surface area contributed by atoms with Crippen LogP contribution in [0, 0.1) is 18.3 Å². The fourth-order valence-electron chi connectivity index (χ4n) is 1.51. The Kier molecular flexibility index (Phi) is 3.44. The molecule has 1 aromatic heterocycles. The lowest BCUT2D eigenvalue weighted by molar-refractivity contribution is 0.292. The second-order valence-corrected chi connectivity index (χ2v) is 3.90. The van der Waals surface area contributed by atoms with Crippen LogP contribution in [-0.4, -0.2) is 4.98 Å². The Morgan fingerprint density at radius 2 is 2.06 bits per heavy atom. The SMILES string of the molecule is Cc1nc(OCc2ccccc2)c(C#N)cc1N. The zero-order valence-electron chi connectivity index (χ0n) is 10.1. The number of hydrogen-bond donors (Lipinski definition) is 1. The molecule has 2 aromatic rings. The zero-order valence-corrected chi connectivity index (χ0v) is 10.1. The highest BCUT2D eigenvalue weighted by Gasteiger charge is 2.08. The van der Waals surface area contributed by atoms with E-state index in [0.29, 0.717) is 29.4 Å². The lowest BCUT2D eigenvalue weighted by atomic mass is 10.2. The van der Waals surface area contributed by atoms with E-state index in [-0.39, 0.29) is 0 Å². The van der Waals surface area contributed by atoms with Gasteiger partial charge < -0.3 is 10.5 Å². The van der Waals surface area contributed by atoms with E-state index in [1.807, 2.05) is 36.4 Å². The number of ether oxygens (including phenoxy) is 1. The summed E-state index contributed by atoms with van der Waals surface area (Å²) < 4.78 is 5.56. The molecule has 0 spiro atoms. The highest BCUT2D eigenvalue weighted by atomic mass is 16.5. The van der Waals surface area contributed by atoms with Crippen molar-refractivity contribution in [3.05, 3.63) is 53.2 Å². The van der Waals surface area contributed by atoms with Gasteiger partial charge in [-0.25, -0.2) is 4.98 Å². The maximum Gasteiger partial charge on any atom is 0.232 e. The molecule has 0 saturated heterocycles. The van der Waals surface area contributed by atoms with E-state index in [0.717, 1.165) is 5.56 Å². The molecule has 0 aliphatic rings. The minimum atomic E-state index is 0.327. The van der Waals surface area contributed by atoms with Crippen LogP contribution in [0.1, 0.15) is 16.8 Å². The summed E-state index contributed by atoms with van der Waals surface area (Å²) in [6.45, 7) is 2.16. The summed E-state index contributed by atoms with van der Waals surface area (Å²) in [6.07, 6.45) is 0. The molecular weight excluding hydrogens is 226 g/mol. The molecule has 0 bridgehead atoms. The van der Waals surface area contributed by atoms with Crippen LogP contribution in [0.25, 0.3) is 0 Å². The lowest BCUT2D eigenvalue weighted by Gasteiger charge is -2.09. The fraction of sp³-hybridized carbons (Fsp3) is 0.143. The van der Waals surface area contributed by atoms with Crippen LogP contribution in [0.3, 0.4) is 0 Å². The molecule has 0 atom stereocenters. The average Bonchev–Trinajstić information content (AvgIpc) is 2.41. The van der Waals surface area contributed by atoms with E-state index in [9.17, 15) is 0 Å². The van der Waals surface area contributed by atoms with Gasteiger partial charge in [-0.1, -0.05) is 30.3 Å². The van der Waals surface area contributed by atoms with Crippen molar-refractivity contribution in [1.29, 1.82) is 5.26 Å². The van der Waals surface area contributed by atoms with Gasteiger partial charge in [0.05, 0.1) is 11.4 Å². The number of nitrogens with two attached hydrogens (primary N) is 1. The molecule has 4 nitrogen and oxygen atoms in total. The van der Waals surface area contributed by atoms with Crippen LogP contribution in [0.15, 0.2) is 36.4 Å². The standard InChI is InChI=1S/C14H13N3O/c1-10-13(16)7-12(8-15)14(17-10)18-9-11-5-3-2-4-6-11/h2-7H,9,16H2,1H3. The minimum absolute atomic E-state index is 0.327. The second kappa shape index (κ2) is 5.19. The number of nitrogen functional groups attached to an aromatic ring is 1. The highest BCUT2D eigenvalue weighted by molar-refractivity contribution is 5.52. The molecule has 0 aliphatic heterocycles. The van der Waals surface area contributed by atoms with Crippen molar-refractivity contribution < 1.29 is 4.74 Å². The number of nitrogens with zero attached hydrogens (tertiary/aromatic N) is 2. The number of anilines is 1. The first-order chi connectivity index (χ1) is 8.70. The van der Waals surface area contributed by atoms with E-state index in [1.54, 1.807) is 13.0 Å². The van der Waals surface area contributed by atoms with Gasteiger partial charge in [-0.3, -0.25) is 0 Å². The van der Waals surface area contributed by atoms with Gasteiger partial charge in [0.1, 0.15) is 18.2 Å². The molecule has 0 unspecified atom stereocenters. The predicted octanol–water partition coefficient (Wildman–Crippen LogP) is 2.42. The maximum atomic E-state index is 9.01. The van der Waals surface area contributed by atoms with Crippen molar-refractivity contribution >= 4 is 5.69 Å². The molecule has 0 amide bonds. The average molecular weight is 239 g/mol. The van der Waals surface area contributed by atoms with Crippen molar-refractivity contribution in [2.24, 2.45) is 0 Å². The monoisotopic (exact) mass is 239 g/mol. The quantitative estimate of drug-likeness (QED) is 0.892. The zero-order chi connectivity index (χ0) is 13.0. The van der Waals surface area contributed by atoms with Gasteiger partial charge in [-0.2, -0.15) is 5.26 Å². The molecule has 0 radical (unpaired) electrons. The van der Waals surface area contributed by atoms with Gasteiger partial charge in [-0.15, -0.1) is 0 Å². The van der Waals surface area contributed by atoms with Crippen molar-refractivity contribution in [3.63, 3.8) is 0 Å². The molecule has 4 heteroatoms. The molecule has 18 heavy (non-hydrogen) atoms. The summed E-state index contributed by atoms with van der Waals surface area (Å²) in [6, 6.07) is 13.3. The summed E-state index contributed by atoms with van der Waals surface area (Å²) in [4.78, 5) is 4.19. The molecule has 0 aliphatic carbocycles. The summed E-state index contributed by atoms with van der Waals surface area (Å²) in [5, 5.41) is 9.01. The molecule has 1 aromatic carbocycles. The number of rotatable bonds is 3. The van der Waals surface area contributed by atoms with Gasteiger partial charge >= 0.3 is 0 Å². The van der Waals surface area contributed by atoms with Crippen LogP contribution in [0.2, 0.25) is 0 Å². The first-order valence-corrected chi connectivity index (χ1v) is 5.54. The molecule has 1 heterocycles. The fourth-order valence-corrected chi connectivity index (χ4v) is 1.51. The van der Waals surface area contributed by atoms with E-state index >= 15 is 0 Å². The lowest BCUT2D eigenvalue weighted by Crippen LogP contribution is -2.02. The van der Waals surface area contributed by atoms with Crippen molar-refractivity contribution in [3.8, 4) is 11.9 Å². The van der Waals surface area contributed by atoms with Gasteiger partial charge in [0.25, 0.3) is 0 Å². The van der Waals surface area contributed by atoms with Crippen LogP contribution in [0.4, 0.5) is 5.69 Å². The number of pyridine rings is 1. The number of aryl methyl sites for hydroxylation is 1. The summed E-state index contributed by atoms with van der Waals surface area (Å²) in [5.74, 6) is 0.327. The number of hydrogen-bond acceptors (Lipinski definition) is 4. The van der Waals surface area contributed by atoms with E-state index in [4.69, 9.17) is 15.7 Å². The third kappa shape index (κ3) is 2.58. The van der Waals surface area contributed by atoms with Crippen molar-refractivity contribution in [1.82, 2.24) is 4.98 Å². The number of aromatic nitrogens is 1. The van der Waals surface area contributed by atoms with Crippen molar-refractivity contribution in [2.45, 2.75) is 13.5 Å². The smallest absolute Gasteiger partial charge is 0.232 e. The second-order valence-electron chi connectivity index (χ2n) is 3.90. The summed E-state index contributed by atoms with van der Waals surface area (Å²) in [5.41, 5.74) is 8.25. The molecule has 2 N–H and O–H groups in total. The normalized spacial score (nSPS) is 9.78. The summed E-state index contributed by atoms with van der Waals surface area (Å²) in [7, 11) is 0. The molecule has 0 saturated carbocycles. The van der Waals surface area contributed by atoms with Gasteiger partial charge in [0.2, 0.25) is 5.88 Å². The Hall–Kier alpha value is -2.54. The van der Waals surface area contributed by atoms with Crippen molar-refractivity contribution in [2.75, 3.05) is 5.73 Å². The number of nitriles is 1. The molecule has 0 fully saturated rings. The van der Waals surface area contributed by atoms with Gasteiger partial charge in [0, 0.05) is 0 Å². The largest absolute Gasteiger partial charge is 0.472 e. The number of benzene rings is 1. The third-order valence-corrected chi connectivity index (χ3v) is 2.56.